The molecule has 12 nitrogen and oxygen atoms in total. The van der Waals surface area contributed by atoms with E-state index in [1.165, 1.54) is 26.3 Å². The maximum atomic E-state index is 14.0. The summed E-state index contributed by atoms with van der Waals surface area (Å²) in [6.07, 6.45) is -0.422. The zero-order valence-electron chi connectivity index (χ0n) is 26.2. The number of benzene rings is 3. The molecule has 0 radical (unpaired) electrons. The maximum absolute atomic E-state index is 14.0. The molecule has 4 bridgehead atoms. The number of hydrogen-bond donors (Lipinski definition) is 1. The molecule has 3 aromatic rings. The van der Waals surface area contributed by atoms with Crippen molar-refractivity contribution in [3.63, 3.8) is 0 Å². The highest BCUT2D eigenvalue weighted by Crippen LogP contribution is 2.40. The van der Waals surface area contributed by atoms with Crippen LogP contribution in [0.1, 0.15) is 49.4 Å². The van der Waals surface area contributed by atoms with Crippen molar-refractivity contribution >= 4 is 29.4 Å². The normalized spacial score (nSPS) is 18.0. The van der Waals surface area contributed by atoms with Crippen LogP contribution in [0.2, 0.25) is 0 Å². The lowest BCUT2D eigenvalue weighted by Crippen LogP contribution is -2.46. The number of nitrogens with one attached hydrogen (secondary N) is 1. The number of ketones is 1. The van der Waals surface area contributed by atoms with E-state index in [1.54, 1.807) is 43.3 Å². The van der Waals surface area contributed by atoms with Gasteiger partial charge in [-0.25, -0.2) is 9.59 Å². The molecule has 242 valence electrons. The third-order valence-corrected chi connectivity index (χ3v) is 7.71. The van der Waals surface area contributed by atoms with Gasteiger partial charge in [-0.1, -0.05) is 56.3 Å². The van der Waals surface area contributed by atoms with Gasteiger partial charge in [0.2, 0.25) is 5.91 Å². The maximum Gasteiger partial charge on any atom is 0.410 e. The molecule has 3 aromatic carbocycles. The SMILES string of the molecule is CCCOc1ccc2cc1-c1cc(ccc1[N+](=O)[O-])C[C@@H](C(=O)OC)NC(=O)[C@H](C)CC(=O)[C@H]2N(C)C(=O)OCc1ccccc1. The first-order valence-electron chi connectivity index (χ1n) is 14.9. The van der Waals surface area contributed by atoms with Crippen LogP contribution in [0.25, 0.3) is 11.1 Å². The molecule has 1 aliphatic heterocycles. The Bertz CT molecular complexity index is 1610. The molecule has 3 atom stereocenters. The molecule has 1 heterocycles. The molecule has 0 aliphatic carbocycles. The van der Waals surface area contributed by atoms with Crippen molar-refractivity contribution in [2.45, 2.75) is 51.8 Å². The Hall–Kier alpha value is -5.26. The number of fused-ring (bicyclic) bond motifs is 5. The van der Waals surface area contributed by atoms with Crippen LogP contribution in [0.4, 0.5) is 10.5 Å². The number of esters is 1. The van der Waals surface area contributed by atoms with Crippen molar-refractivity contribution < 1.29 is 38.3 Å². The smallest absolute Gasteiger partial charge is 0.410 e. The molecule has 0 saturated heterocycles. The molecule has 0 aromatic heterocycles. The number of nitrogens with zero attached hydrogens (tertiary/aromatic N) is 2. The van der Waals surface area contributed by atoms with Gasteiger partial charge in [0.05, 0.1) is 24.2 Å². The van der Waals surface area contributed by atoms with Gasteiger partial charge in [-0.15, -0.1) is 0 Å². The third kappa shape index (κ3) is 7.87. The van der Waals surface area contributed by atoms with Crippen LogP contribution in [0.3, 0.4) is 0 Å². The van der Waals surface area contributed by atoms with Crippen LogP contribution in [0.5, 0.6) is 5.75 Å². The summed E-state index contributed by atoms with van der Waals surface area (Å²) in [5, 5.41) is 14.9. The summed E-state index contributed by atoms with van der Waals surface area (Å²) in [7, 11) is 2.61. The minimum absolute atomic E-state index is 0.0203. The number of methoxy groups -OCH3 is 1. The first-order valence-corrected chi connectivity index (χ1v) is 14.9. The van der Waals surface area contributed by atoms with Crippen LogP contribution in [0.15, 0.2) is 66.7 Å². The van der Waals surface area contributed by atoms with E-state index in [-0.39, 0.29) is 30.7 Å². The third-order valence-electron chi connectivity index (χ3n) is 7.71. The molecule has 12 heteroatoms. The molecule has 1 aliphatic rings. The Kier molecular flexibility index (Phi) is 11.1. The van der Waals surface area contributed by atoms with Crippen LogP contribution in [-0.4, -0.2) is 60.4 Å². The summed E-state index contributed by atoms with van der Waals surface area (Å²) in [6, 6.07) is 15.9. The highest BCUT2D eigenvalue weighted by molar-refractivity contribution is 5.94. The lowest BCUT2D eigenvalue weighted by molar-refractivity contribution is -0.384. The average molecular weight is 632 g/mol. The van der Waals surface area contributed by atoms with E-state index in [9.17, 15) is 29.3 Å². The second-order valence-electron chi connectivity index (χ2n) is 11.1. The number of carbonyl (C=O) groups excluding carboxylic acids is 4. The Morgan fingerprint density at radius 3 is 2.43 bits per heavy atom. The summed E-state index contributed by atoms with van der Waals surface area (Å²) in [5.74, 6) is -2.31. The molecule has 46 heavy (non-hydrogen) atoms. The van der Waals surface area contributed by atoms with Gasteiger partial charge >= 0.3 is 12.1 Å². The Labute approximate surface area is 266 Å². The van der Waals surface area contributed by atoms with Gasteiger partial charge < -0.3 is 19.5 Å². The lowest BCUT2D eigenvalue weighted by atomic mass is 9.90. The Morgan fingerprint density at radius 2 is 1.76 bits per heavy atom. The molecule has 1 N–H and O–H groups in total. The van der Waals surface area contributed by atoms with Gasteiger partial charge in [-0.3, -0.25) is 24.6 Å². The highest BCUT2D eigenvalue weighted by atomic mass is 16.6. The number of nitro benzene ring substituents is 1. The number of ether oxygens (including phenoxy) is 3. The molecular weight excluding hydrogens is 594 g/mol. The monoisotopic (exact) mass is 631 g/mol. The van der Waals surface area contributed by atoms with Crippen molar-refractivity contribution in [1.82, 2.24) is 10.2 Å². The Balaban J connectivity index is 1.88. The van der Waals surface area contributed by atoms with Gasteiger partial charge in [0, 0.05) is 37.4 Å². The number of Topliss-reactive ketones (excluding diaryl/α,β-unsaturated/α-hetero) is 1. The van der Waals surface area contributed by atoms with E-state index >= 15 is 0 Å². The topological polar surface area (TPSA) is 154 Å². The second kappa shape index (κ2) is 15.2. The van der Waals surface area contributed by atoms with E-state index in [0.717, 1.165) is 10.5 Å². The summed E-state index contributed by atoms with van der Waals surface area (Å²) in [6.45, 7) is 3.76. The molecule has 4 rings (SSSR count). The Morgan fingerprint density at radius 1 is 1.02 bits per heavy atom. The van der Waals surface area contributed by atoms with Gasteiger partial charge in [0.25, 0.3) is 5.69 Å². The number of carbonyl (C=O) groups is 4. The fraction of sp³-hybridized carbons (Fsp3) is 0.353. The molecule has 0 unspecified atom stereocenters. The second-order valence-corrected chi connectivity index (χ2v) is 11.1. The first kappa shape index (κ1) is 33.6. The largest absolute Gasteiger partial charge is 0.493 e. The van der Waals surface area contributed by atoms with E-state index in [4.69, 9.17) is 14.2 Å². The predicted molar refractivity (Wildman–Crippen MR) is 168 cm³/mol. The summed E-state index contributed by atoms with van der Waals surface area (Å²) in [5.41, 5.74) is 1.88. The van der Waals surface area contributed by atoms with Crippen LogP contribution >= 0.6 is 0 Å². The highest BCUT2D eigenvalue weighted by Gasteiger charge is 2.34. The zero-order valence-corrected chi connectivity index (χ0v) is 26.2. The molecule has 0 spiro atoms. The molecule has 0 saturated carbocycles. The van der Waals surface area contributed by atoms with Crippen LogP contribution < -0.4 is 10.1 Å². The number of amides is 2. The van der Waals surface area contributed by atoms with E-state index in [1.807, 2.05) is 25.1 Å². The quantitative estimate of drug-likeness (QED) is 0.201. The van der Waals surface area contributed by atoms with Crippen molar-refractivity contribution in [3.05, 3.63) is 93.5 Å². The number of likely N-dealkylation sites (N-methyl/N-ethyl adjacent to an activating group) is 1. The number of nitro groups is 1. The van der Waals surface area contributed by atoms with Gasteiger partial charge in [-0.2, -0.15) is 0 Å². The lowest BCUT2D eigenvalue weighted by Gasteiger charge is -2.29. The average Bonchev–Trinajstić information content (AvgIpc) is 3.05. The van der Waals surface area contributed by atoms with Crippen molar-refractivity contribution in [2.75, 3.05) is 20.8 Å². The standard InChI is InChI=1S/C34H37N3O9/c1-5-15-45-30-14-12-24-19-26(30)25-17-23(11-13-28(25)37(42)43)18-27(33(40)44-4)35-32(39)21(2)16-29(38)31(24)36(3)34(41)46-20-22-9-7-6-8-10-22/h6-14,17,19,21,27,31H,5,15-16,18,20H2,1-4H3,(H,35,39)/t21-,27+,31+/m1/s1. The van der Waals surface area contributed by atoms with Crippen LogP contribution in [-0.2, 0) is 36.9 Å². The van der Waals surface area contributed by atoms with Gasteiger partial charge in [0.15, 0.2) is 5.78 Å². The van der Waals surface area contributed by atoms with E-state index < -0.39 is 46.7 Å². The minimum Gasteiger partial charge on any atom is -0.493 e. The predicted octanol–water partition coefficient (Wildman–Crippen LogP) is 5.17. The van der Waals surface area contributed by atoms with Gasteiger partial charge in [0.1, 0.15) is 24.4 Å². The summed E-state index contributed by atoms with van der Waals surface area (Å²) < 4.78 is 16.4. The summed E-state index contributed by atoms with van der Waals surface area (Å²) >= 11 is 0. The molecule has 0 fully saturated rings. The number of rotatable bonds is 8. The zero-order chi connectivity index (χ0) is 33.4. The summed E-state index contributed by atoms with van der Waals surface area (Å²) in [4.78, 5) is 66.1. The fourth-order valence-corrected chi connectivity index (χ4v) is 5.29. The fourth-order valence-electron chi connectivity index (χ4n) is 5.29. The minimum atomic E-state index is -1.22. The molecular formula is C34H37N3O9. The van der Waals surface area contributed by atoms with Crippen molar-refractivity contribution in [3.8, 4) is 16.9 Å². The van der Waals surface area contributed by atoms with E-state index in [2.05, 4.69) is 5.32 Å². The number of hydrogen-bond acceptors (Lipinski definition) is 9. The van der Waals surface area contributed by atoms with Crippen LogP contribution in [0, 0.1) is 16.0 Å². The first-order chi connectivity index (χ1) is 22.0. The van der Waals surface area contributed by atoms with E-state index in [0.29, 0.717) is 35.5 Å². The van der Waals surface area contributed by atoms with Gasteiger partial charge in [-0.05, 0) is 41.3 Å². The molecule has 2 amide bonds. The van der Waals surface area contributed by atoms with Crippen molar-refractivity contribution in [1.29, 1.82) is 0 Å². The van der Waals surface area contributed by atoms with Crippen molar-refractivity contribution in [2.24, 2.45) is 5.92 Å².